The Morgan fingerprint density at radius 1 is 0.972 bits per heavy atom. The van der Waals surface area contributed by atoms with Crippen molar-refractivity contribution in [3.05, 3.63) is 59.2 Å². The molecule has 1 amide bonds. The quantitative estimate of drug-likeness (QED) is 0.519. The topological polar surface area (TPSA) is 66.9 Å². The molecule has 2 aromatic rings. The highest BCUT2D eigenvalue weighted by molar-refractivity contribution is 7.90. The van der Waals surface area contributed by atoms with Gasteiger partial charge in [-0.15, -0.1) is 0 Å². The van der Waals surface area contributed by atoms with Gasteiger partial charge >= 0.3 is 21.7 Å². The SMILES string of the molecule is O=C(C1CCCN(S(=O)(=O)C(F)(F)F)C1)N1CCc2c(cccc2Oc2ccc(C(F)(F)F)cc2)C1. The molecule has 4 rings (SSSR count). The number of alkyl halides is 6. The Kier molecular flexibility index (Phi) is 6.99. The summed E-state index contributed by atoms with van der Waals surface area (Å²) in [6, 6.07) is 9.35. The van der Waals surface area contributed by atoms with Gasteiger partial charge in [0.1, 0.15) is 11.5 Å². The zero-order chi connectivity index (χ0) is 26.3. The van der Waals surface area contributed by atoms with Crippen molar-refractivity contribution in [2.75, 3.05) is 19.6 Å². The van der Waals surface area contributed by atoms with Crippen LogP contribution in [0.2, 0.25) is 0 Å². The molecule has 0 bridgehead atoms. The number of sulfonamides is 1. The Balaban J connectivity index is 1.45. The fourth-order valence-corrected chi connectivity index (χ4v) is 5.50. The molecule has 1 atom stereocenters. The molecule has 0 saturated carbocycles. The summed E-state index contributed by atoms with van der Waals surface area (Å²) in [7, 11) is -5.51. The minimum absolute atomic E-state index is 0.140. The van der Waals surface area contributed by atoms with Gasteiger partial charge in [-0.05, 0) is 55.2 Å². The molecule has 2 aromatic carbocycles. The van der Waals surface area contributed by atoms with Crippen molar-refractivity contribution in [2.24, 2.45) is 5.92 Å². The molecule has 196 valence electrons. The van der Waals surface area contributed by atoms with Gasteiger partial charge in [-0.1, -0.05) is 12.1 Å². The van der Waals surface area contributed by atoms with Gasteiger partial charge in [-0.2, -0.15) is 30.6 Å². The second kappa shape index (κ2) is 9.58. The predicted octanol–water partition coefficient (Wildman–Crippen LogP) is 4.94. The molecule has 1 unspecified atom stereocenters. The average Bonchev–Trinajstić information content (AvgIpc) is 2.82. The Morgan fingerprint density at radius 2 is 1.67 bits per heavy atom. The second-order valence-corrected chi connectivity index (χ2v) is 10.6. The lowest BCUT2D eigenvalue weighted by Gasteiger charge is -2.36. The summed E-state index contributed by atoms with van der Waals surface area (Å²) < 4.78 is 107. The molecule has 13 heteroatoms. The minimum Gasteiger partial charge on any atom is -0.457 e. The van der Waals surface area contributed by atoms with Gasteiger partial charge < -0.3 is 9.64 Å². The first-order valence-corrected chi connectivity index (χ1v) is 12.5. The Hall–Kier alpha value is -2.80. The van der Waals surface area contributed by atoms with E-state index in [1.807, 2.05) is 0 Å². The molecule has 36 heavy (non-hydrogen) atoms. The molecule has 2 aliphatic heterocycles. The number of rotatable bonds is 4. The summed E-state index contributed by atoms with van der Waals surface area (Å²) in [4.78, 5) is 14.6. The van der Waals surface area contributed by atoms with E-state index in [9.17, 15) is 39.6 Å². The van der Waals surface area contributed by atoms with Crippen LogP contribution in [0.1, 0.15) is 29.5 Å². The highest BCUT2D eigenvalue weighted by Gasteiger charge is 2.51. The highest BCUT2D eigenvalue weighted by atomic mass is 32.2. The summed E-state index contributed by atoms with van der Waals surface area (Å²) >= 11 is 0. The van der Waals surface area contributed by atoms with E-state index in [4.69, 9.17) is 4.74 Å². The third-order valence-corrected chi connectivity index (χ3v) is 7.91. The second-order valence-electron chi connectivity index (χ2n) is 8.68. The number of amides is 1. The Bertz CT molecular complexity index is 1230. The third kappa shape index (κ3) is 5.31. The maximum Gasteiger partial charge on any atom is 0.511 e. The van der Waals surface area contributed by atoms with Crippen molar-refractivity contribution >= 4 is 15.9 Å². The molecule has 1 fully saturated rings. The normalized spacial score (nSPS) is 19.6. The maximum atomic E-state index is 13.1. The lowest BCUT2D eigenvalue weighted by atomic mass is 9.94. The largest absolute Gasteiger partial charge is 0.511 e. The van der Waals surface area contributed by atoms with Crippen molar-refractivity contribution < 1.29 is 44.3 Å². The fourth-order valence-electron chi connectivity index (χ4n) is 4.46. The van der Waals surface area contributed by atoms with E-state index >= 15 is 0 Å². The van der Waals surface area contributed by atoms with Crippen molar-refractivity contribution in [1.82, 2.24) is 9.21 Å². The predicted molar refractivity (Wildman–Crippen MR) is 116 cm³/mol. The number of benzene rings is 2. The summed E-state index contributed by atoms with van der Waals surface area (Å²) in [6.07, 6.45) is -3.69. The van der Waals surface area contributed by atoms with Crippen LogP contribution in [0.5, 0.6) is 11.5 Å². The fraction of sp³-hybridized carbons (Fsp3) is 0.435. The molecule has 0 spiro atoms. The number of hydrogen-bond acceptors (Lipinski definition) is 4. The van der Waals surface area contributed by atoms with Gasteiger partial charge in [-0.25, -0.2) is 8.42 Å². The zero-order valence-corrected chi connectivity index (χ0v) is 19.6. The van der Waals surface area contributed by atoms with Crippen LogP contribution in [0.25, 0.3) is 0 Å². The van der Waals surface area contributed by atoms with Crippen LogP contribution >= 0.6 is 0 Å². The van der Waals surface area contributed by atoms with Crippen molar-refractivity contribution in [1.29, 1.82) is 0 Å². The Labute approximate surface area is 203 Å². The molecular formula is C23H22F6N2O4S. The van der Waals surface area contributed by atoms with E-state index in [2.05, 4.69) is 0 Å². The Morgan fingerprint density at radius 3 is 2.31 bits per heavy atom. The third-order valence-electron chi connectivity index (χ3n) is 6.31. The lowest BCUT2D eigenvalue weighted by molar-refractivity contribution is -0.138. The van der Waals surface area contributed by atoms with Crippen LogP contribution in [0, 0.1) is 5.92 Å². The van der Waals surface area contributed by atoms with E-state index in [-0.39, 0.29) is 38.2 Å². The van der Waals surface area contributed by atoms with Crippen molar-refractivity contribution in [3.8, 4) is 11.5 Å². The minimum atomic E-state index is -5.51. The van der Waals surface area contributed by atoms with Gasteiger partial charge in [0.2, 0.25) is 5.91 Å². The number of ether oxygens (including phenoxy) is 1. The van der Waals surface area contributed by atoms with Crippen LogP contribution in [0.4, 0.5) is 26.3 Å². The number of piperidine rings is 1. The number of fused-ring (bicyclic) bond motifs is 1. The number of hydrogen-bond donors (Lipinski definition) is 0. The highest BCUT2D eigenvalue weighted by Crippen LogP contribution is 2.35. The molecule has 2 heterocycles. The van der Waals surface area contributed by atoms with Gasteiger partial charge in [-0.3, -0.25) is 4.79 Å². The molecular weight excluding hydrogens is 514 g/mol. The summed E-state index contributed by atoms with van der Waals surface area (Å²) in [5.41, 5.74) is -4.73. The van der Waals surface area contributed by atoms with Crippen LogP contribution in [-0.2, 0) is 34.0 Å². The molecule has 2 aliphatic rings. The first-order chi connectivity index (χ1) is 16.8. The van der Waals surface area contributed by atoms with Gasteiger partial charge in [0.25, 0.3) is 0 Å². The van der Waals surface area contributed by atoms with Crippen LogP contribution < -0.4 is 4.74 Å². The van der Waals surface area contributed by atoms with E-state index in [1.165, 1.54) is 17.0 Å². The molecule has 6 nitrogen and oxygen atoms in total. The summed E-state index contributed by atoms with van der Waals surface area (Å²) in [5, 5.41) is 0. The number of halogens is 6. The zero-order valence-electron chi connectivity index (χ0n) is 18.8. The van der Waals surface area contributed by atoms with E-state index in [0.717, 1.165) is 23.3 Å². The first kappa shape index (κ1) is 26.3. The smallest absolute Gasteiger partial charge is 0.457 e. The standard InChI is InChI=1S/C23H22F6N2O4S/c24-22(25,26)17-6-8-18(9-7-17)35-20-5-1-3-15-13-30(12-10-19(15)20)21(32)16-4-2-11-31(14-16)36(33,34)23(27,28)29/h1,3,5-9,16H,2,4,10-14H2. The van der Waals surface area contributed by atoms with Crippen molar-refractivity contribution in [3.63, 3.8) is 0 Å². The van der Waals surface area contributed by atoms with Gasteiger partial charge in [0.15, 0.2) is 0 Å². The first-order valence-electron chi connectivity index (χ1n) is 11.1. The molecule has 0 radical (unpaired) electrons. The monoisotopic (exact) mass is 536 g/mol. The lowest BCUT2D eigenvalue weighted by Crippen LogP contribution is -2.50. The average molecular weight is 536 g/mol. The maximum absolute atomic E-state index is 13.1. The van der Waals surface area contributed by atoms with E-state index < -0.39 is 45.6 Å². The van der Waals surface area contributed by atoms with Crippen molar-refractivity contribution in [2.45, 2.75) is 37.5 Å². The van der Waals surface area contributed by atoms with Gasteiger partial charge in [0.05, 0.1) is 11.5 Å². The van der Waals surface area contributed by atoms with Crippen LogP contribution in [0.15, 0.2) is 42.5 Å². The number of carbonyl (C=O) groups is 1. The van der Waals surface area contributed by atoms with Crippen LogP contribution in [0.3, 0.4) is 0 Å². The number of nitrogens with zero attached hydrogens (tertiary/aromatic N) is 2. The number of carbonyl (C=O) groups excluding carboxylic acids is 1. The molecule has 0 aliphatic carbocycles. The van der Waals surface area contributed by atoms with Crippen LogP contribution in [-0.4, -0.2) is 48.7 Å². The molecule has 0 aromatic heterocycles. The summed E-state index contributed by atoms with van der Waals surface area (Å²) in [6.45, 7) is -0.428. The van der Waals surface area contributed by atoms with Gasteiger partial charge in [0, 0.05) is 31.7 Å². The molecule has 1 saturated heterocycles. The van der Waals surface area contributed by atoms with E-state index in [0.29, 0.717) is 16.5 Å². The van der Waals surface area contributed by atoms with E-state index in [1.54, 1.807) is 18.2 Å². The summed E-state index contributed by atoms with van der Waals surface area (Å²) in [5.74, 6) is -0.664. The molecule has 0 N–H and O–H groups in total.